The number of aryl methyl sites for hydroxylation is 1. The molecule has 2 rings (SSSR count). The van der Waals surface area contributed by atoms with Crippen LogP contribution in [0.15, 0.2) is 22.6 Å². The molecule has 1 heterocycles. The van der Waals surface area contributed by atoms with E-state index in [1.807, 2.05) is 25.1 Å². The summed E-state index contributed by atoms with van der Waals surface area (Å²) in [6.07, 6.45) is 2.18. The van der Waals surface area contributed by atoms with Crippen LogP contribution >= 0.6 is 0 Å². The fraction of sp³-hybridized carbons (Fsp3) is 0.438. The predicted molar refractivity (Wildman–Crippen MR) is 77.6 cm³/mol. The van der Waals surface area contributed by atoms with E-state index in [1.54, 1.807) is 14.2 Å². The lowest BCUT2D eigenvalue weighted by atomic mass is 10.1. The highest BCUT2D eigenvalue weighted by molar-refractivity contribution is 6.00. The van der Waals surface area contributed by atoms with Gasteiger partial charge >= 0.3 is 0 Å². The number of carbonyl (C=O) groups excluding carboxylic acids is 1. The first-order chi connectivity index (χ1) is 9.67. The van der Waals surface area contributed by atoms with Gasteiger partial charge in [-0.15, -0.1) is 0 Å². The average Bonchev–Trinajstić information content (AvgIpc) is 2.80. The zero-order valence-corrected chi connectivity index (χ0v) is 12.2. The molecule has 2 aromatic rings. The second-order valence-electron chi connectivity index (χ2n) is 4.79. The molecule has 0 aliphatic carbocycles. The van der Waals surface area contributed by atoms with Gasteiger partial charge < -0.3 is 13.9 Å². The van der Waals surface area contributed by atoms with E-state index in [1.165, 1.54) is 0 Å². The van der Waals surface area contributed by atoms with Crippen LogP contribution in [-0.4, -0.2) is 26.6 Å². The number of benzene rings is 1. The molecular weight excluding hydrogens is 256 g/mol. The van der Waals surface area contributed by atoms with E-state index in [0.29, 0.717) is 18.8 Å². The third-order valence-corrected chi connectivity index (χ3v) is 3.40. The van der Waals surface area contributed by atoms with E-state index < -0.39 is 0 Å². The minimum atomic E-state index is 0.0498. The quantitative estimate of drug-likeness (QED) is 0.571. The molecule has 20 heavy (non-hydrogen) atoms. The van der Waals surface area contributed by atoms with Crippen molar-refractivity contribution in [1.82, 2.24) is 0 Å². The molecule has 0 aliphatic rings. The van der Waals surface area contributed by atoms with Gasteiger partial charge in [-0.25, -0.2) is 0 Å². The monoisotopic (exact) mass is 276 g/mol. The van der Waals surface area contributed by atoms with Crippen LogP contribution in [0.2, 0.25) is 0 Å². The van der Waals surface area contributed by atoms with Crippen molar-refractivity contribution in [3.05, 3.63) is 29.5 Å². The number of rotatable bonds is 7. The standard InChI is InChI=1S/C16H20O4/c1-11-13-10-12(19-3)7-8-15(13)20-16(11)14(17)6-4-5-9-18-2/h7-8,10H,4-6,9H2,1-3H3. The Labute approximate surface area is 118 Å². The van der Waals surface area contributed by atoms with E-state index in [9.17, 15) is 4.79 Å². The zero-order chi connectivity index (χ0) is 14.5. The van der Waals surface area contributed by atoms with Crippen LogP contribution in [-0.2, 0) is 4.74 Å². The summed E-state index contributed by atoms with van der Waals surface area (Å²) in [6.45, 7) is 2.59. The van der Waals surface area contributed by atoms with E-state index in [-0.39, 0.29) is 5.78 Å². The van der Waals surface area contributed by atoms with Crippen LogP contribution < -0.4 is 4.74 Å². The number of hydrogen-bond acceptors (Lipinski definition) is 4. The molecule has 4 heteroatoms. The molecule has 108 valence electrons. The van der Waals surface area contributed by atoms with Gasteiger partial charge in [-0.3, -0.25) is 4.79 Å². The third-order valence-electron chi connectivity index (χ3n) is 3.40. The Morgan fingerprint density at radius 1 is 1.25 bits per heavy atom. The summed E-state index contributed by atoms with van der Waals surface area (Å²) in [5.41, 5.74) is 1.61. The number of hydrogen-bond donors (Lipinski definition) is 0. The molecule has 4 nitrogen and oxygen atoms in total. The Kier molecular flexibility index (Phi) is 4.79. The largest absolute Gasteiger partial charge is 0.497 e. The van der Waals surface area contributed by atoms with E-state index in [2.05, 4.69) is 0 Å². The van der Waals surface area contributed by atoms with Crippen LogP contribution in [0.4, 0.5) is 0 Å². The Bertz CT molecular complexity index is 598. The van der Waals surface area contributed by atoms with E-state index >= 15 is 0 Å². The lowest BCUT2D eigenvalue weighted by molar-refractivity contribution is 0.0949. The maximum absolute atomic E-state index is 12.2. The third kappa shape index (κ3) is 3.02. The van der Waals surface area contributed by atoms with Gasteiger partial charge in [0.15, 0.2) is 11.5 Å². The maximum Gasteiger partial charge on any atom is 0.198 e. The smallest absolute Gasteiger partial charge is 0.198 e. The van der Waals surface area contributed by atoms with Crippen molar-refractivity contribution in [3.8, 4) is 5.75 Å². The summed E-state index contributed by atoms with van der Waals surface area (Å²) in [4.78, 5) is 12.2. The van der Waals surface area contributed by atoms with Gasteiger partial charge in [0.1, 0.15) is 11.3 Å². The number of ketones is 1. The van der Waals surface area contributed by atoms with Crippen LogP contribution in [0.1, 0.15) is 35.4 Å². The lowest BCUT2D eigenvalue weighted by Crippen LogP contribution is -2.00. The van der Waals surface area contributed by atoms with Crippen LogP contribution in [0, 0.1) is 6.92 Å². The minimum Gasteiger partial charge on any atom is -0.497 e. The Balaban J connectivity index is 2.17. The van der Waals surface area contributed by atoms with Crippen molar-refractivity contribution < 1.29 is 18.7 Å². The molecule has 0 amide bonds. The molecule has 0 unspecified atom stereocenters. The van der Waals surface area contributed by atoms with Crippen molar-refractivity contribution in [1.29, 1.82) is 0 Å². The number of carbonyl (C=O) groups is 1. The molecule has 0 bridgehead atoms. The summed E-state index contributed by atoms with van der Waals surface area (Å²) < 4.78 is 15.9. The maximum atomic E-state index is 12.2. The highest BCUT2D eigenvalue weighted by atomic mass is 16.5. The number of fused-ring (bicyclic) bond motifs is 1. The fourth-order valence-electron chi connectivity index (χ4n) is 2.24. The van der Waals surface area contributed by atoms with Crippen molar-refractivity contribution in [2.75, 3.05) is 20.8 Å². The first-order valence-electron chi connectivity index (χ1n) is 6.76. The minimum absolute atomic E-state index is 0.0498. The molecular formula is C16H20O4. The normalized spacial score (nSPS) is 10.9. The molecule has 0 spiro atoms. The van der Waals surface area contributed by atoms with E-state index in [4.69, 9.17) is 13.9 Å². The number of ether oxygens (including phenoxy) is 2. The highest BCUT2D eigenvalue weighted by Crippen LogP contribution is 2.29. The van der Waals surface area contributed by atoms with Gasteiger partial charge in [0.05, 0.1) is 7.11 Å². The van der Waals surface area contributed by atoms with Crippen molar-refractivity contribution in [3.63, 3.8) is 0 Å². The number of furan rings is 1. The molecule has 0 fully saturated rings. The summed E-state index contributed by atoms with van der Waals surface area (Å²) in [6, 6.07) is 5.57. The van der Waals surface area contributed by atoms with E-state index in [0.717, 1.165) is 35.1 Å². The van der Waals surface area contributed by atoms with Gasteiger partial charge in [-0.05, 0) is 38.0 Å². The molecule has 0 saturated heterocycles. The molecule has 0 radical (unpaired) electrons. The Hall–Kier alpha value is -1.81. The first-order valence-corrected chi connectivity index (χ1v) is 6.76. The number of unbranched alkanes of at least 4 members (excludes halogenated alkanes) is 1. The second kappa shape index (κ2) is 6.57. The summed E-state index contributed by atoms with van der Waals surface area (Å²) >= 11 is 0. The zero-order valence-electron chi connectivity index (χ0n) is 12.2. The fourth-order valence-corrected chi connectivity index (χ4v) is 2.24. The van der Waals surface area contributed by atoms with Gasteiger partial charge in [-0.2, -0.15) is 0 Å². The SMILES string of the molecule is COCCCCC(=O)c1oc2ccc(OC)cc2c1C. The van der Waals surface area contributed by atoms with Crippen LogP contribution in [0.25, 0.3) is 11.0 Å². The van der Waals surface area contributed by atoms with Gasteiger partial charge in [-0.1, -0.05) is 0 Å². The summed E-state index contributed by atoms with van der Waals surface area (Å²) in [7, 11) is 3.29. The number of Topliss-reactive ketones (excluding diaryl/α,β-unsaturated/α-hetero) is 1. The molecule has 1 aromatic carbocycles. The average molecular weight is 276 g/mol. The van der Waals surface area contributed by atoms with Crippen molar-refractivity contribution >= 4 is 16.8 Å². The van der Waals surface area contributed by atoms with Crippen molar-refractivity contribution in [2.45, 2.75) is 26.2 Å². The molecule has 0 atom stereocenters. The molecule has 0 N–H and O–H groups in total. The Morgan fingerprint density at radius 2 is 2.05 bits per heavy atom. The molecule has 1 aromatic heterocycles. The topological polar surface area (TPSA) is 48.7 Å². The summed E-state index contributed by atoms with van der Waals surface area (Å²) in [5.74, 6) is 1.28. The van der Waals surface area contributed by atoms with Gasteiger partial charge in [0, 0.05) is 31.1 Å². The van der Waals surface area contributed by atoms with Crippen LogP contribution in [0.5, 0.6) is 5.75 Å². The number of methoxy groups -OCH3 is 2. The summed E-state index contributed by atoms with van der Waals surface area (Å²) in [5, 5.41) is 0.935. The second-order valence-corrected chi connectivity index (χ2v) is 4.79. The van der Waals surface area contributed by atoms with Crippen LogP contribution in [0.3, 0.4) is 0 Å². The first kappa shape index (κ1) is 14.6. The van der Waals surface area contributed by atoms with Gasteiger partial charge in [0.25, 0.3) is 0 Å². The van der Waals surface area contributed by atoms with Crippen molar-refractivity contribution in [2.24, 2.45) is 0 Å². The highest BCUT2D eigenvalue weighted by Gasteiger charge is 2.17. The van der Waals surface area contributed by atoms with Gasteiger partial charge in [0.2, 0.25) is 0 Å². The molecule has 0 aliphatic heterocycles. The lowest BCUT2D eigenvalue weighted by Gasteiger charge is -1.99. The predicted octanol–water partition coefficient (Wildman–Crippen LogP) is 3.75. The Morgan fingerprint density at radius 3 is 2.75 bits per heavy atom. The molecule has 0 saturated carbocycles.